The molecule has 2 N–H and O–H groups in total. The van der Waals surface area contributed by atoms with Crippen LogP contribution in [0.4, 0.5) is 0 Å². The molecule has 0 spiro atoms. The van der Waals surface area contributed by atoms with E-state index < -0.39 is 0 Å². The molecule has 0 radical (unpaired) electrons. The van der Waals surface area contributed by atoms with Crippen LogP contribution in [-0.2, 0) is 17.9 Å². The Morgan fingerprint density at radius 3 is 2.76 bits per heavy atom. The highest BCUT2D eigenvalue weighted by atomic mass is 16.5. The summed E-state index contributed by atoms with van der Waals surface area (Å²) < 4.78 is 5.42. The fourth-order valence-corrected chi connectivity index (χ4v) is 2.75. The van der Waals surface area contributed by atoms with E-state index in [-0.39, 0.29) is 11.3 Å². The van der Waals surface area contributed by atoms with E-state index in [0.29, 0.717) is 19.5 Å². The van der Waals surface area contributed by atoms with Gasteiger partial charge in [0.15, 0.2) is 0 Å². The van der Waals surface area contributed by atoms with E-state index in [2.05, 4.69) is 13.8 Å². The van der Waals surface area contributed by atoms with Gasteiger partial charge in [-0.15, -0.1) is 0 Å². The molecule has 0 atom stereocenters. The number of likely N-dealkylation sites (tertiary alicyclic amines) is 1. The molecule has 0 aliphatic carbocycles. The summed E-state index contributed by atoms with van der Waals surface area (Å²) in [5.74, 6) is 1.06. The quantitative estimate of drug-likeness (QED) is 0.927. The Labute approximate surface area is 127 Å². The summed E-state index contributed by atoms with van der Waals surface area (Å²) in [7, 11) is 1.66. The molecular formula is C17H26N2O2. The van der Waals surface area contributed by atoms with E-state index in [0.717, 1.165) is 36.3 Å². The Morgan fingerprint density at radius 1 is 1.33 bits per heavy atom. The van der Waals surface area contributed by atoms with Crippen molar-refractivity contribution in [3.63, 3.8) is 0 Å². The molecule has 0 bridgehead atoms. The van der Waals surface area contributed by atoms with Crippen LogP contribution in [0.1, 0.15) is 44.2 Å². The summed E-state index contributed by atoms with van der Waals surface area (Å²) in [6.07, 6.45) is 2.63. The summed E-state index contributed by atoms with van der Waals surface area (Å²) in [6, 6.07) is 5.95. The number of hydrogen-bond donors (Lipinski definition) is 1. The summed E-state index contributed by atoms with van der Waals surface area (Å²) >= 11 is 0. The SMILES string of the molecule is COc1ccc(CN)cc1CN1CCC(C)(C)CCC1=O. The molecule has 1 aliphatic heterocycles. The third-order valence-electron chi connectivity index (χ3n) is 4.37. The molecular weight excluding hydrogens is 264 g/mol. The van der Waals surface area contributed by atoms with Gasteiger partial charge < -0.3 is 15.4 Å². The molecule has 1 amide bonds. The van der Waals surface area contributed by atoms with Crippen LogP contribution >= 0.6 is 0 Å². The number of benzene rings is 1. The largest absolute Gasteiger partial charge is 0.496 e. The molecule has 1 aliphatic rings. The number of ether oxygens (including phenoxy) is 1. The number of carbonyl (C=O) groups is 1. The highest BCUT2D eigenvalue weighted by Crippen LogP contribution is 2.31. The first kappa shape index (κ1) is 15.8. The van der Waals surface area contributed by atoms with E-state index in [1.54, 1.807) is 7.11 Å². The molecule has 0 aromatic heterocycles. The van der Waals surface area contributed by atoms with Gasteiger partial charge in [0, 0.05) is 31.6 Å². The van der Waals surface area contributed by atoms with Gasteiger partial charge in [-0.1, -0.05) is 19.9 Å². The summed E-state index contributed by atoms with van der Waals surface area (Å²) in [5, 5.41) is 0. The molecule has 4 nitrogen and oxygen atoms in total. The van der Waals surface area contributed by atoms with Crippen molar-refractivity contribution in [2.24, 2.45) is 11.1 Å². The van der Waals surface area contributed by atoms with Crippen LogP contribution < -0.4 is 10.5 Å². The minimum Gasteiger partial charge on any atom is -0.496 e. The molecule has 1 saturated heterocycles. The first-order valence-corrected chi connectivity index (χ1v) is 7.59. The lowest BCUT2D eigenvalue weighted by Gasteiger charge is -2.24. The highest BCUT2D eigenvalue weighted by Gasteiger charge is 2.27. The molecule has 0 saturated carbocycles. The number of carbonyl (C=O) groups excluding carboxylic acids is 1. The van der Waals surface area contributed by atoms with Gasteiger partial charge in [0.05, 0.1) is 7.11 Å². The van der Waals surface area contributed by atoms with E-state index in [1.165, 1.54) is 0 Å². The Morgan fingerprint density at radius 2 is 2.10 bits per heavy atom. The van der Waals surface area contributed by atoms with Crippen LogP contribution in [0.15, 0.2) is 18.2 Å². The number of nitrogens with zero attached hydrogens (tertiary/aromatic N) is 1. The Bertz CT molecular complexity index is 512. The minimum atomic E-state index is 0.237. The van der Waals surface area contributed by atoms with Crippen molar-refractivity contribution in [1.29, 1.82) is 0 Å². The highest BCUT2D eigenvalue weighted by molar-refractivity contribution is 5.76. The Kier molecular flexibility index (Phi) is 4.88. The van der Waals surface area contributed by atoms with E-state index in [4.69, 9.17) is 10.5 Å². The maximum absolute atomic E-state index is 12.3. The maximum Gasteiger partial charge on any atom is 0.222 e. The van der Waals surface area contributed by atoms with E-state index in [9.17, 15) is 4.79 Å². The summed E-state index contributed by atoms with van der Waals surface area (Å²) in [6.45, 7) is 6.38. The Balaban J connectivity index is 2.18. The summed E-state index contributed by atoms with van der Waals surface area (Å²) in [4.78, 5) is 14.3. The monoisotopic (exact) mass is 290 g/mol. The fraction of sp³-hybridized carbons (Fsp3) is 0.588. The molecule has 1 fully saturated rings. The molecule has 21 heavy (non-hydrogen) atoms. The van der Waals surface area contributed by atoms with Gasteiger partial charge >= 0.3 is 0 Å². The normalized spacial score (nSPS) is 18.5. The molecule has 1 aromatic rings. The van der Waals surface area contributed by atoms with Crippen LogP contribution in [0.3, 0.4) is 0 Å². The number of hydrogen-bond acceptors (Lipinski definition) is 3. The molecule has 1 aromatic carbocycles. The Hall–Kier alpha value is -1.55. The molecule has 1 heterocycles. The first-order valence-electron chi connectivity index (χ1n) is 7.59. The van der Waals surface area contributed by atoms with Crippen LogP contribution in [-0.4, -0.2) is 24.5 Å². The average Bonchev–Trinajstić information content (AvgIpc) is 2.60. The van der Waals surface area contributed by atoms with Crippen molar-refractivity contribution in [2.75, 3.05) is 13.7 Å². The van der Waals surface area contributed by atoms with Crippen molar-refractivity contribution in [1.82, 2.24) is 4.90 Å². The summed E-state index contributed by atoms with van der Waals surface area (Å²) in [5.41, 5.74) is 8.05. The smallest absolute Gasteiger partial charge is 0.222 e. The molecule has 116 valence electrons. The predicted molar refractivity (Wildman–Crippen MR) is 83.9 cm³/mol. The van der Waals surface area contributed by atoms with Gasteiger partial charge in [0.1, 0.15) is 5.75 Å². The van der Waals surface area contributed by atoms with Crippen molar-refractivity contribution in [2.45, 2.75) is 46.2 Å². The lowest BCUT2D eigenvalue weighted by Crippen LogP contribution is -2.30. The number of amides is 1. The van der Waals surface area contributed by atoms with Gasteiger partial charge in [-0.3, -0.25) is 4.79 Å². The molecule has 2 rings (SSSR count). The maximum atomic E-state index is 12.3. The number of methoxy groups -OCH3 is 1. The zero-order chi connectivity index (χ0) is 15.5. The number of nitrogens with two attached hydrogens (primary N) is 1. The second-order valence-electron chi connectivity index (χ2n) is 6.58. The van der Waals surface area contributed by atoms with Crippen molar-refractivity contribution >= 4 is 5.91 Å². The first-order chi connectivity index (χ1) is 9.95. The zero-order valence-electron chi connectivity index (χ0n) is 13.3. The van der Waals surface area contributed by atoms with Gasteiger partial charge in [0.2, 0.25) is 5.91 Å². The van der Waals surface area contributed by atoms with E-state index >= 15 is 0 Å². The van der Waals surface area contributed by atoms with Crippen LogP contribution in [0.25, 0.3) is 0 Å². The predicted octanol–water partition coefficient (Wildman–Crippen LogP) is 2.69. The lowest BCUT2D eigenvalue weighted by atomic mass is 9.85. The van der Waals surface area contributed by atoms with Crippen LogP contribution in [0.2, 0.25) is 0 Å². The van der Waals surface area contributed by atoms with Crippen LogP contribution in [0, 0.1) is 5.41 Å². The second kappa shape index (κ2) is 6.48. The molecule has 0 unspecified atom stereocenters. The van der Waals surface area contributed by atoms with Crippen molar-refractivity contribution in [3.05, 3.63) is 29.3 Å². The standard InChI is InChI=1S/C17H26N2O2/c1-17(2)7-6-16(20)19(9-8-17)12-14-10-13(11-18)4-5-15(14)21-3/h4-5,10H,6-9,11-12,18H2,1-3H3. The van der Waals surface area contributed by atoms with Gasteiger partial charge in [-0.2, -0.15) is 0 Å². The second-order valence-corrected chi connectivity index (χ2v) is 6.58. The third-order valence-corrected chi connectivity index (χ3v) is 4.37. The van der Waals surface area contributed by atoms with Crippen LogP contribution in [0.5, 0.6) is 5.75 Å². The van der Waals surface area contributed by atoms with Crippen molar-refractivity contribution in [3.8, 4) is 5.75 Å². The average molecular weight is 290 g/mol. The van der Waals surface area contributed by atoms with Gasteiger partial charge in [0.25, 0.3) is 0 Å². The third kappa shape index (κ3) is 3.97. The van der Waals surface area contributed by atoms with Gasteiger partial charge in [-0.05, 0) is 36.0 Å². The molecule has 4 heteroatoms. The topological polar surface area (TPSA) is 55.6 Å². The van der Waals surface area contributed by atoms with Gasteiger partial charge in [-0.25, -0.2) is 0 Å². The number of rotatable bonds is 4. The lowest BCUT2D eigenvalue weighted by molar-refractivity contribution is -0.131. The minimum absolute atomic E-state index is 0.237. The van der Waals surface area contributed by atoms with E-state index in [1.807, 2.05) is 23.1 Å². The fourth-order valence-electron chi connectivity index (χ4n) is 2.75. The van der Waals surface area contributed by atoms with Crippen molar-refractivity contribution < 1.29 is 9.53 Å². The zero-order valence-corrected chi connectivity index (χ0v) is 13.3.